The molecule has 3 atom stereocenters. The number of nitrogens with one attached hydrogen (secondary N) is 1. The van der Waals surface area contributed by atoms with Gasteiger partial charge in [-0.1, -0.05) is 80.6 Å². The minimum absolute atomic E-state index is 0.114. The maximum absolute atomic E-state index is 14.2. The number of fused-ring (bicyclic) bond motifs is 2. The smallest absolute Gasteiger partial charge is 0.410 e. The molecule has 2 aromatic rings. The van der Waals surface area contributed by atoms with E-state index in [-0.39, 0.29) is 31.4 Å². The van der Waals surface area contributed by atoms with Crippen molar-refractivity contribution in [3.05, 3.63) is 77.1 Å². The van der Waals surface area contributed by atoms with Gasteiger partial charge in [-0.2, -0.15) is 0 Å². The molecule has 8 nitrogen and oxygen atoms in total. The van der Waals surface area contributed by atoms with Crippen molar-refractivity contribution >= 4 is 23.6 Å². The summed E-state index contributed by atoms with van der Waals surface area (Å²) in [5, 5.41) is 2.94. The topological polar surface area (TPSA) is 83.3 Å². The molecule has 1 saturated carbocycles. The minimum Gasteiger partial charge on any atom is -0.445 e. The van der Waals surface area contributed by atoms with Crippen LogP contribution in [0.25, 0.3) is 4.85 Å². The summed E-state index contributed by atoms with van der Waals surface area (Å²) in [6.45, 7) is 8.10. The number of benzene rings is 2. The van der Waals surface area contributed by atoms with Gasteiger partial charge in [0.25, 0.3) is 5.91 Å². The van der Waals surface area contributed by atoms with Gasteiger partial charge in [-0.25, -0.2) is 11.4 Å². The molecule has 1 aliphatic carbocycles. The number of rotatable bonds is 6. The Bertz CT molecular complexity index is 1240. The molecule has 2 fully saturated rings. The van der Waals surface area contributed by atoms with E-state index < -0.39 is 23.7 Å². The molecule has 2 aromatic carbocycles. The highest BCUT2D eigenvalue weighted by molar-refractivity contribution is 6.07. The SMILES string of the molecule is [C-]#[N+][C@@H]1C[C@@]2(CN1C(=O)[C@H](CC1CCCCC1)N(C)C(=O)OCc1ccccc1)C(=O)Nc1ccccc12. The first-order chi connectivity index (χ1) is 18.4. The van der Waals surface area contributed by atoms with E-state index in [1.54, 1.807) is 7.05 Å². The summed E-state index contributed by atoms with van der Waals surface area (Å²) in [6.07, 6.45) is 4.86. The van der Waals surface area contributed by atoms with Crippen LogP contribution in [0.3, 0.4) is 0 Å². The number of anilines is 1. The van der Waals surface area contributed by atoms with Crippen LogP contribution in [0.15, 0.2) is 54.6 Å². The number of carbonyl (C=O) groups is 3. The lowest BCUT2D eigenvalue weighted by Gasteiger charge is -2.34. The number of carbonyl (C=O) groups excluding carboxylic acids is 3. The van der Waals surface area contributed by atoms with Gasteiger partial charge in [0.1, 0.15) is 18.1 Å². The Kier molecular flexibility index (Phi) is 7.37. The molecular formula is C30H34N4O4. The number of para-hydroxylation sites is 1. The molecule has 1 saturated heterocycles. The molecule has 0 radical (unpaired) electrons. The van der Waals surface area contributed by atoms with E-state index >= 15 is 0 Å². The molecule has 3 amide bonds. The van der Waals surface area contributed by atoms with Crippen molar-refractivity contribution in [2.75, 3.05) is 18.9 Å². The largest absolute Gasteiger partial charge is 0.445 e. The Morgan fingerprint density at radius 2 is 1.84 bits per heavy atom. The van der Waals surface area contributed by atoms with E-state index in [1.807, 2.05) is 54.6 Å². The molecule has 0 aromatic heterocycles. The van der Waals surface area contributed by atoms with Crippen molar-refractivity contribution in [1.29, 1.82) is 0 Å². The first-order valence-corrected chi connectivity index (χ1v) is 13.4. The molecule has 0 bridgehead atoms. The number of amides is 3. The van der Waals surface area contributed by atoms with Crippen LogP contribution in [-0.4, -0.2) is 53.5 Å². The zero-order valence-electron chi connectivity index (χ0n) is 21.8. The Hall–Kier alpha value is -3.86. The van der Waals surface area contributed by atoms with Gasteiger partial charge >= 0.3 is 12.3 Å². The summed E-state index contributed by atoms with van der Waals surface area (Å²) in [5.74, 6) is -0.146. The van der Waals surface area contributed by atoms with Crippen LogP contribution in [0.5, 0.6) is 0 Å². The van der Waals surface area contributed by atoms with Crippen LogP contribution in [-0.2, 0) is 26.3 Å². The van der Waals surface area contributed by atoms with Crippen molar-refractivity contribution in [2.45, 2.75) is 69.2 Å². The molecule has 1 spiro atoms. The molecule has 3 aliphatic rings. The number of hydrogen-bond donors (Lipinski definition) is 1. The monoisotopic (exact) mass is 514 g/mol. The molecule has 5 rings (SSSR count). The first-order valence-electron chi connectivity index (χ1n) is 13.4. The van der Waals surface area contributed by atoms with Crippen LogP contribution in [0.2, 0.25) is 0 Å². The van der Waals surface area contributed by atoms with Crippen molar-refractivity contribution in [3.8, 4) is 0 Å². The predicted molar refractivity (Wildman–Crippen MR) is 143 cm³/mol. The van der Waals surface area contributed by atoms with Crippen molar-refractivity contribution < 1.29 is 19.1 Å². The fraction of sp³-hybridized carbons (Fsp3) is 0.467. The standard InChI is InChI=1S/C30H34N4O4/c1-31-26-18-30(23-15-9-10-16-24(23)32-28(30)36)20-34(26)27(35)25(17-21-11-5-3-6-12-21)33(2)29(37)38-19-22-13-7-4-8-14-22/h4,7-10,13-16,21,25-26H,3,5-6,11-12,17-20H2,2H3,(H,32,36)/t25-,26-,30-/m0/s1. The fourth-order valence-electron chi connectivity index (χ4n) is 6.26. The van der Waals surface area contributed by atoms with Gasteiger partial charge in [-0.05, 0) is 29.5 Å². The number of likely N-dealkylation sites (tertiary alicyclic amines) is 1. The van der Waals surface area contributed by atoms with Crippen LogP contribution in [0.4, 0.5) is 10.5 Å². The number of hydrogen-bond acceptors (Lipinski definition) is 4. The summed E-state index contributed by atoms with van der Waals surface area (Å²) >= 11 is 0. The van der Waals surface area contributed by atoms with Crippen molar-refractivity contribution in [1.82, 2.24) is 9.80 Å². The van der Waals surface area contributed by atoms with E-state index in [0.717, 1.165) is 42.5 Å². The van der Waals surface area contributed by atoms with E-state index in [1.165, 1.54) is 16.2 Å². The van der Waals surface area contributed by atoms with Gasteiger partial charge in [-0.3, -0.25) is 24.2 Å². The summed E-state index contributed by atoms with van der Waals surface area (Å²) in [6, 6.07) is 16.1. The number of likely N-dealkylation sites (N-methyl/N-ethyl adjacent to an activating group) is 1. The molecule has 8 heteroatoms. The van der Waals surface area contributed by atoms with Gasteiger partial charge in [0.2, 0.25) is 5.91 Å². The minimum atomic E-state index is -0.955. The zero-order chi connectivity index (χ0) is 26.7. The van der Waals surface area contributed by atoms with Crippen LogP contribution < -0.4 is 5.32 Å². The summed E-state index contributed by atoms with van der Waals surface area (Å²) < 4.78 is 5.57. The van der Waals surface area contributed by atoms with E-state index in [2.05, 4.69) is 10.2 Å². The van der Waals surface area contributed by atoms with E-state index in [4.69, 9.17) is 11.3 Å². The van der Waals surface area contributed by atoms with Gasteiger partial charge < -0.3 is 10.1 Å². The normalized spacial score (nSPS) is 23.4. The molecule has 38 heavy (non-hydrogen) atoms. The first kappa shape index (κ1) is 25.8. The number of ether oxygens (including phenoxy) is 1. The molecule has 0 unspecified atom stereocenters. The highest BCUT2D eigenvalue weighted by atomic mass is 16.6. The third-order valence-electron chi connectivity index (χ3n) is 8.42. The van der Waals surface area contributed by atoms with Crippen molar-refractivity contribution in [3.63, 3.8) is 0 Å². The van der Waals surface area contributed by atoms with Crippen LogP contribution >= 0.6 is 0 Å². The second kappa shape index (κ2) is 10.9. The van der Waals surface area contributed by atoms with Crippen LogP contribution in [0, 0.1) is 12.5 Å². The van der Waals surface area contributed by atoms with Gasteiger partial charge in [0.15, 0.2) is 0 Å². The van der Waals surface area contributed by atoms with E-state index in [9.17, 15) is 14.4 Å². The van der Waals surface area contributed by atoms with Gasteiger partial charge in [-0.15, -0.1) is 0 Å². The third-order valence-corrected chi connectivity index (χ3v) is 8.42. The highest BCUT2D eigenvalue weighted by Crippen LogP contribution is 2.47. The third kappa shape index (κ3) is 4.85. The quantitative estimate of drug-likeness (QED) is 0.553. The molecule has 2 heterocycles. The maximum atomic E-state index is 14.2. The molecular weight excluding hydrogens is 480 g/mol. The predicted octanol–water partition coefficient (Wildman–Crippen LogP) is 4.96. The lowest BCUT2D eigenvalue weighted by atomic mass is 9.80. The summed E-state index contributed by atoms with van der Waals surface area (Å²) in [7, 11) is 1.61. The molecule has 2 aliphatic heterocycles. The number of nitrogens with zero attached hydrogens (tertiary/aromatic N) is 3. The fourth-order valence-corrected chi connectivity index (χ4v) is 6.26. The molecule has 1 N–H and O–H groups in total. The second-order valence-electron chi connectivity index (χ2n) is 10.8. The Morgan fingerprint density at radius 1 is 1.13 bits per heavy atom. The Balaban J connectivity index is 1.38. The summed E-state index contributed by atoms with van der Waals surface area (Å²) in [5.41, 5.74) is 1.47. The zero-order valence-corrected chi connectivity index (χ0v) is 21.8. The molecule has 198 valence electrons. The lowest BCUT2D eigenvalue weighted by Crippen LogP contribution is -2.52. The average molecular weight is 515 g/mol. The Labute approximate surface area is 223 Å². The average Bonchev–Trinajstić information content (AvgIpc) is 3.48. The Morgan fingerprint density at radius 3 is 2.58 bits per heavy atom. The van der Waals surface area contributed by atoms with Crippen molar-refractivity contribution in [2.24, 2.45) is 5.92 Å². The summed E-state index contributed by atoms with van der Waals surface area (Å²) in [4.78, 5) is 47.2. The van der Waals surface area contributed by atoms with E-state index in [0.29, 0.717) is 12.3 Å². The second-order valence-corrected chi connectivity index (χ2v) is 10.8. The van der Waals surface area contributed by atoms with Crippen LogP contribution in [0.1, 0.15) is 56.1 Å². The van der Waals surface area contributed by atoms with Gasteiger partial charge in [0.05, 0.1) is 6.42 Å². The van der Waals surface area contributed by atoms with Gasteiger partial charge in [0, 0.05) is 19.3 Å². The highest BCUT2D eigenvalue weighted by Gasteiger charge is 2.59. The maximum Gasteiger partial charge on any atom is 0.410 e. The lowest BCUT2D eigenvalue weighted by molar-refractivity contribution is -0.137.